The largest absolute Gasteiger partial charge is 0.378 e. The second kappa shape index (κ2) is 7.37. The minimum absolute atomic E-state index is 0.0277. The van der Waals surface area contributed by atoms with Crippen LogP contribution in [0.4, 0.5) is 5.69 Å². The van der Waals surface area contributed by atoms with Crippen molar-refractivity contribution in [3.63, 3.8) is 0 Å². The monoisotopic (exact) mass is 447 g/mol. The first kappa shape index (κ1) is 20.6. The lowest BCUT2D eigenvalue weighted by atomic mass is 9.91. The van der Waals surface area contributed by atoms with Gasteiger partial charge in [0.15, 0.2) is 0 Å². The van der Waals surface area contributed by atoms with Crippen LogP contribution in [0.5, 0.6) is 0 Å². The minimum Gasteiger partial charge on any atom is -0.378 e. The SMILES string of the molecule is COCc1nnn2c1COC1(CCN(S(=O)(=O)c3ccc4c(c3)CC(=O)N4C)CC1)C2. The Labute approximate surface area is 180 Å². The van der Waals surface area contributed by atoms with E-state index in [0.717, 1.165) is 22.6 Å². The van der Waals surface area contributed by atoms with Gasteiger partial charge in [0.2, 0.25) is 15.9 Å². The number of piperidine rings is 1. The third kappa shape index (κ3) is 3.36. The van der Waals surface area contributed by atoms with Crippen LogP contribution in [0.2, 0.25) is 0 Å². The van der Waals surface area contributed by atoms with Crippen LogP contribution < -0.4 is 4.90 Å². The number of methoxy groups -OCH3 is 1. The molecule has 3 aliphatic rings. The summed E-state index contributed by atoms with van der Waals surface area (Å²) in [5, 5.41) is 8.40. The number of carbonyl (C=O) groups excluding carboxylic acids is 1. The van der Waals surface area contributed by atoms with Gasteiger partial charge in [0, 0.05) is 32.9 Å². The fourth-order valence-electron chi connectivity index (χ4n) is 4.64. The van der Waals surface area contributed by atoms with Gasteiger partial charge in [-0.05, 0) is 36.6 Å². The van der Waals surface area contributed by atoms with Crippen molar-refractivity contribution in [2.45, 2.75) is 49.5 Å². The standard InChI is InChI=1S/C20H25N5O5S/c1-23-17-4-3-15(9-14(17)10-19(23)26)31(27,28)24-7-5-20(6-8-24)13-25-18(12-30-20)16(11-29-2)21-22-25/h3-4,9H,5-8,10-13H2,1-2H3. The fraction of sp³-hybridized carbons (Fsp3) is 0.550. The lowest BCUT2D eigenvalue weighted by Crippen LogP contribution is -2.52. The van der Waals surface area contributed by atoms with Crippen LogP contribution in [0.1, 0.15) is 29.8 Å². The zero-order valence-corrected chi connectivity index (χ0v) is 18.4. The molecule has 2 aromatic rings. The molecule has 11 heteroatoms. The maximum Gasteiger partial charge on any atom is 0.243 e. The van der Waals surface area contributed by atoms with Crippen LogP contribution in [0, 0.1) is 0 Å². The Hall–Kier alpha value is -2.34. The number of fused-ring (bicyclic) bond motifs is 2. The van der Waals surface area contributed by atoms with Crippen LogP contribution in [0.3, 0.4) is 0 Å². The summed E-state index contributed by atoms with van der Waals surface area (Å²) in [6.45, 7) is 2.07. The summed E-state index contributed by atoms with van der Waals surface area (Å²) in [6, 6.07) is 4.93. The molecule has 0 bridgehead atoms. The third-order valence-corrected chi connectivity index (χ3v) is 8.45. The molecule has 166 valence electrons. The van der Waals surface area contributed by atoms with Gasteiger partial charge in [-0.15, -0.1) is 5.10 Å². The summed E-state index contributed by atoms with van der Waals surface area (Å²) in [7, 11) is -0.322. The van der Waals surface area contributed by atoms with Crippen LogP contribution in [-0.2, 0) is 50.5 Å². The van der Waals surface area contributed by atoms with Crippen molar-refractivity contribution in [1.29, 1.82) is 0 Å². The number of amides is 1. The van der Waals surface area contributed by atoms with Crippen LogP contribution in [-0.4, -0.2) is 66.5 Å². The van der Waals surface area contributed by atoms with Crippen LogP contribution >= 0.6 is 0 Å². The molecule has 4 heterocycles. The molecule has 0 unspecified atom stereocenters. The van der Waals surface area contributed by atoms with Gasteiger partial charge in [0.1, 0.15) is 5.69 Å². The number of anilines is 1. The zero-order chi connectivity index (χ0) is 21.8. The van der Waals surface area contributed by atoms with E-state index in [4.69, 9.17) is 9.47 Å². The normalized spacial score (nSPS) is 20.8. The molecular formula is C20H25N5O5S. The van der Waals surface area contributed by atoms with Gasteiger partial charge in [-0.3, -0.25) is 4.79 Å². The first-order chi connectivity index (χ1) is 14.8. The Morgan fingerprint density at radius 2 is 2.03 bits per heavy atom. The molecule has 0 atom stereocenters. The summed E-state index contributed by atoms with van der Waals surface area (Å²) < 4.78 is 41.2. The maximum atomic E-state index is 13.2. The van der Waals surface area contributed by atoms with Crippen molar-refractivity contribution in [1.82, 2.24) is 19.3 Å². The van der Waals surface area contributed by atoms with Crippen LogP contribution in [0.15, 0.2) is 23.1 Å². The van der Waals surface area contributed by atoms with Gasteiger partial charge in [-0.1, -0.05) is 5.21 Å². The number of sulfonamides is 1. The van der Waals surface area contributed by atoms with E-state index in [-0.39, 0.29) is 17.2 Å². The maximum absolute atomic E-state index is 13.2. The molecule has 1 spiro atoms. The average Bonchev–Trinajstić information content (AvgIpc) is 3.28. The highest BCUT2D eigenvalue weighted by Gasteiger charge is 2.43. The number of nitrogens with zero attached hydrogens (tertiary/aromatic N) is 5. The molecule has 31 heavy (non-hydrogen) atoms. The third-order valence-electron chi connectivity index (χ3n) is 6.55. The highest BCUT2D eigenvalue weighted by Crippen LogP contribution is 2.36. The molecule has 0 saturated carbocycles. The molecule has 3 aliphatic heterocycles. The first-order valence-electron chi connectivity index (χ1n) is 10.3. The molecule has 1 saturated heterocycles. The average molecular weight is 448 g/mol. The Kier molecular flexibility index (Phi) is 4.88. The molecular weight excluding hydrogens is 422 g/mol. The number of aromatic nitrogens is 3. The molecule has 0 aliphatic carbocycles. The summed E-state index contributed by atoms with van der Waals surface area (Å²) >= 11 is 0. The predicted molar refractivity (Wildman–Crippen MR) is 110 cm³/mol. The number of benzene rings is 1. The van der Waals surface area contributed by atoms with Crippen molar-refractivity contribution in [3.8, 4) is 0 Å². The second-order valence-corrected chi connectivity index (χ2v) is 10.3. The lowest BCUT2D eigenvalue weighted by Gasteiger charge is -2.43. The molecule has 1 aromatic heterocycles. The molecule has 10 nitrogen and oxygen atoms in total. The van der Waals surface area contributed by atoms with Gasteiger partial charge in [-0.25, -0.2) is 13.1 Å². The number of ether oxygens (including phenoxy) is 2. The number of carbonyl (C=O) groups is 1. The molecule has 1 amide bonds. The van der Waals surface area contributed by atoms with Crippen molar-refractivity contribution in [2.24, 2.45) is 0 Å². The van der Waals surface area contributed by atoms with Gasteiger partial charge in [-0.2, -0.15) is 4.31 Å². The highest BCUT2D eigenvalue weighted by atomic mass is 32.2. The van der Waals surface area contributed by atoms with Gasteiger partial charge in [0.05, 0.1) is 42.4 Å². The topological polar surface area (TPSA) is 107 Å². The van der Waals surface area contributed by atoms with E-state index >= 15 is 0 Å². The number of likely N-dealkylation sites (N-methyl/N-ethyl adjacent to an activating group) is 1. The van der Waals surface area contributed by atoms with E-state index in [1.165, 1.54) is 4.31 Å². The van der Waals surface area contributed by atoms with E-state index in [9.17, 15) is 13.2 Å². The van der Waals surface area contributed by atoms with E-state index in [2.05, 4.69) is 10.3 Å². The summed E-state index contributed by atoms with van der Waals surface area (Å²) in [5.41, 5.74) is 2.78. The first-order valence-corrected chi connectivity index (χ1v) is 11.7. The van der Waals surface area contributed by atoms with E-state index in [1.54, 1.807) is 37.3 Å². The molecule has 0 N–H and O–H groups in total. The van der Waals surface area contributed by atoms with E-state index in [0.29, 0.717) is 45.7 Å². The van der Waals surface area contributed by atoms with Crippen molar-refractivity contribution in [2.75, 3.05) is 32.1 Å². The quantitative estimate of drug-likeness (QED) is 0.679. The van der Waals surface area contributed by atoms with E-state index < -0.39 is 15.6 Å². The fourth-order valence-corrected chi connectivity index (χ4v) is 6.13. The van der Waals surface area contributed by atoms with Gasteiger partial charge < -0.3 is 14.4 Å². The van der Waals surface area contributed by atoms with Crippen molar-refractivity contribution in [3.05, 3.63) is 35.2 Å². The smallest absolute Gasteiger partial charge is 0.243 e. The highest BCUT2D eigenvalue weighted by molar-refractivity contribution is 7.89. The number of hydrogen-bond donors (Lipinski definition) is 0. The van der Waals surface area contributed by atoms with Crippen molar-refractivity contribution >= 4 is 21.6 Å². The molecule has 1 aromatic carbocycles. The van der Waals surface area contributed by atoms with E-state index in [1.807, 2.05) is 4.68 Å². The molecule has 1 fully saturated rings. The van der Waals surface area contributed by atoms with Gasteiger partial charge >= 0.3 is 0 Å². The second-order valence-electron chi connectivity index (χ2n) is 8.37. The number of rotatable bonds is 4. The van der Waals surface area contributed by atoms with Crippen molar-refractivity contribution < 1.29 is 22.7 Å². The Balaban J connectivity index is 1.30. The lowest BCUT2D eigenvalue weighted by molar-refractivity contribution is -0.117. The number of hydrogen-bond acceptors (Lipinski definition) is 7. The minimum atomic E-state index is -3.64. The summed E-state index contributed by atoms with van der Waals surface area (Å²) in [4.78, 5) is 13.7. The summed E-state index contributed by atoms with van der Waals surface area (Å²) in [5.74, 6) is -0.0277. The van der Waals surface area contributed by atoms with Crippen LogP contribution in [0.25, 0.3) is 0 Å². The van der Waals surface area contributed by atoms with Gasteiger partial charge in [0.25, 0.3) is 0 Å². The molecule has 0 radical (unpaired) electrons. The Morgan fingerprint density at radius 3 is 2.77 bits per heavy atom. The summed E-state index contributed by atoms with van der Waals surface area (Å²) in [6.07, 6.45) is 1.39. The Morgan fingerprint density at radius 1 is 1.26 bits per heavy atom. The predicted octanol–water partition coefficient (Wildman–Crippen LogP) is 0.697. The zero-order valence-electron chi connectivity index (χ0n) is 17.6. The Bertz CT molecular complexity index is 1140. The molecule has 5 rings (SSSR count).